The van der Waals surface area contributed by atoms with Gasteiger partial charge in [0.15, 0.2) is 0 Å². The summed E-state index contributed by atoms with van der Waals surface area (Å²) in [6, 6.07) is 9.82. The van der Waals surface area contributed by atoms with Crippen molar-refractivity contribution < 1.29 is 9.59 Å². The maximum absolute atomic E-state index is 13.0. The summed E-state index contributed by atoms with van der Waals surface area (Å²) in [5, 5.41) is 0. The van der Waals surface area contributed by atoms with Crippen LogP contribution in [0.25, 0.3) is 0 Å². The number of carbonyl (C=O) groups excluding carboxylic acids is 2. The molecular formula is C24H36N2O2. The van der Waals surface area contributed by atoms with Crippen LogP contribution < -0.4 is 5.73 Å². The molecular weight excluding hydrogens is 348 g/mol. The molecule has 2 amide bonds. The van der Waals surface area contributed by atoms with Gasteiger partial charge in [-0.25, -0.2) is 0 Å². The molecule has 0 aliphatic heterocycles. The zero-order valence-corrected chi connectivity index (χ0v) is 17.6. The molecule has 0 bridgehead atoms. The van der Waals surface area contributed by atoms with Gasteiger partial charge in [-0.2, -0.15) is 0 Å². The van der Waals surface area contributed by atoms with Crippen LogP contribution in [0.5, 0.6) is 0 Å². The summed E-state index contributed by atoms with van der Waals surface area (Å²) in [6.07, 6.45) is 14.4. The molecule has 4 heteroatoms. The van der Waals surface area contributed by atoms with Crippen molar-refractivity contribution in [1.29, 1.82) is 0 Å². The van der Waals surface area contributed by atoms with Crippen LogP contribution in [0.4, 0.5) is 0 Å². The Morgan fingerprint density at radius 1 is 1.00 bits per heavy atom. The molecule has 2 N–H and O–H groups in total. The number of hydrogen-bond donors (Lipinski definition) is 1. The lowest BCUT2D eigenvalue weighted by molar-refractivity contribution is -0.130. The Morgan fingerprint density at radius 3 is 2.29 bits per heavy atom. The quantitative estimate of drug-likeness (QED) is 0.370. The Morgan fingerprint density at radius 2 is 1.68 bits per heavy atom. The van der Waals surface area contributed by atoms with E-state index in [2.05, 4.69) is 6.92 Å². The minimum absolute atomic E-state index is 0.00452. The van der Waals surface area contributed by atoms with Crippen LogP contribution >= 0.6 is 0 Å². The van der Waals surface area contributed by atoms with E-state index in [1.54, 1.807) is 12.2 Å². The van der Waals surface area contributed by atoms with Gasteiger partial charge in [0.05, 0.1) is 6.04 Å². The van der Waals surface area contributed by atoms with E-state index in [-0.39, 0.29) is 18.0 Å². The van der Waals surface area contributed by atoms with Gasteiger partial charge in [-0.15, -0.1) is 0 Å². The minimum atomic E-state index is -0.475. The third-order valence-electron chi connectivity index (χ3n) is 4.71. The Labute approximate surface area is 170 Å². The molecule has 28 heavy (non-hydrogen) atoms. The summed E-state index contributed by atoms with van der Waals surface area (Å²) < 4.78 is 0. The second-order valence-corrected chi connectivity index (χ2v) is 7.41. The summed E-state index contributed by atoms with van der Waals surface area (Å²) >= 11 is 0. The molecule has 1 atom stereocenters. The van der Waals surface area contributed by atoms with Crippen molar-refractivity contribution >= 4 is 11.8 Å². The Bertz CT molecular complexity index is 635. The van der Waals surface area contributed by atoms with Gasteiger partial charge in [0, 0.05) is 6.04 Å². The summed E-state index contributed by atoms with van der Waals surface area (Å²) in [6.45, 7) is 6.25. The third-order valence-corrected chi connectivity index (χ3v) is 4.71. The largest absolute Gasteiger partial charge is 0.366 e. The van der Waals surface area contributed by atoms with E-state index in [0.29, 0.717) is 6.42 Å². The Kier molecular flexibility index (Phi) is 11.6. The van der Waals surface area contributed by atoms with Gasteiger partial charge in [0.1, 0.15) is 0 Å². The smallest absolute Gasteiger partial charge is 0.246 e. The molecule has 0 aliphatic rings. The maximum atomic E-state index is 13.0. The molecule has 0 aliphatic carbocycles. The van der Waals surface area contributed by atoms with Crippen molar-refractivity contribution in [3.05, 3.63) is 60.2 Å². The lowest BCUT2D eigenvalue weighted by Crippen LogP contribution is -2.39. The second kappa shape index (κ2) is 13.8. The van der Waals surface area contributed by atoms with Crippen LogP contribution in [0.1, 0.15) is 77.3 Å². The number of amides is 2. The van der Waals surface area contributed by atoms with E-state index in [1.165, 1.54) is 31.8 Å². The molecule has 0 saturated heterocycles. The van der Waals surface area contributed by atoms with Crippen molar-refractivity contribution in [2.45, 2.75) is 77.8 Å². The predicted molar refractivity (Wildman–Crippen MR) is 117 cm³/mol. The number of allylic oxidation sites excluding steroid dienone is 1. The number of hydrogen-bond acceptors (Lipinski definition) is 2. The first-order valence-corrected chi connectivity index (χ1v) is 10.5. The highest BCUT2D eigenvalue weighted by molar-refractivity contribution is 5.88. The molecule has 0 fully saturated rings. The van der Waals surface area contributed by atoms with Crippen LogP contribution in [0.3, 0.4) is 0 Å². The van der Waals surface area contributed by atoms with Gasteiger partial charge in [0.2, 0.25) is 11.8 Å². The van der Waals surface area contributed by atoms with Crippen LogP contribution in [0, 0.1) is 0 Å². The molecule has 1 rings (SSSR count). The van der Waals surface area contributed by atoms with E-state index in [4.69, 9.17) is 5.73 Å². The molecule has 0 spiro atoms. The van der Waals surface area contributed by atoms with Crippen molar-refractivity contribution in [3.8, 4) is 0 Å². The van der Waals surface area contributed by atoms with Crippen LogP contribution in [-0.4, -0.2) is 22.8 Å². The zero-order chi connectivity index (χ0) is 20.8. The predicted octanol–water partition coefficient (Wildman–Crippen LogP) is 5.31. The topological polar surface area (TPSA) is 63.4 Å². The highest BCUT2D eigenvalue weighted by atomic mass is 16.2. The fourth-order valence-electron chi connectivity index (χ4n) is 3.30. The lowest BCUT2D eigenvalue weighted by atomic mass is 9.99. The summed E-state index contributed by atoms with van der Waals surface area (Å²) in [5.74, 6) is -0.470. The molecule has 0 radical (unpaired) electrons. The van der Waals surface area contributed by atoms with E-state index in [9.17, 15) is 9.59 Å². The van der Waals surface area contributed by atoms with E-state index in [0.717, 1.165) is 18.4 Å². The summed E-state index contributed by atoms with van der Waals surface area (Å²) in [4.78, 5) is 25.9. The van der Waals surface area contributed by atoms with Crippen molar-refractivity contribution in [2.24, 2.45) is 5.73 Å². The van der Waals surface area contributed by atoms with Crippen LogP contribution in [0.15, 0.2) is 54.6 Å². The number of primary amides is 1. The molecule has 0 saturated carbocycles. The Hall–Kier alpha value is -2.36. The monoisotopic (exact) mass is 384 g/mol. The van der Waals surface area contributed by atoms with Gasteiger partial charge in [0.25, 0.3) is 0 Å². The number of nitrogens with two attached hydrogens (primary N) is 1. The number of rotatable bonds is 13. The maximum Gasteiger partial charge on any atom is 0.246 e. The highest BCUT2D eigenvalue weighted by Gasteiger charge is 2.25. The first-order chi connectivity index (χ1) is 13.5. The SMILES string of the molecule is CCCCCCCC=CC(=O)N(C(C)C)C(CC=CC(N)=O)c1ccccc1. The standard InChI is InChI=1S/C24H36N2O2/c1-4-5-6-7-8-9-13-19-24(28)26(20(2)3)22(17-14-18-23(25)27)21-15-11-10-12-16-21/h10-16,18-20,22H,4-9,17H2,1-3H3,(H2,25,27). The number of carbonyl (C=O) groups is 2. The first kappa shape index (κ1) is 23.7. The fourth-order valence-corrected chi connectivity index (χ4v) is 3.30. The fraction of sp³-hybridized carbons (Fsp3) is 0.500. The van der Waals surface area contributed by atoms with Crippen molar-refractivity contribution in [2.75, 3.05) is 0 Å². The van der Waals surface area contributed by atoms with Gasteiger partial charge < -0.3 is 10.6 Å². The molecule has 1 aromatic carbocycles. The molecule has 4 nitrogen and oxygen atoms in total. The van der Waals surface area contributed by atoms with Gasteiger partial charge in [-0.1, -0.05) is 75.1 Å². The van der Waals surface area contributed by atoms with Crippen LogP contribution in [0.2, 0.25) is 0 Å². The third kappa shape index (κ3) is 9.03. The number of unbranched alkanes of at least 4 members (excludes halogenated alkanes) is 5. The molecule has 1 unspecified atom stereocenters. The molecule has 0 heterocycles. The highest BCUT2D eigenvalue weighted by Crippen LogP contribution is 2.27. The lowest BCUT2D eigenvalue weighted by Gasteiger charge is -2.34. The summed E-state index contributed by atoms with van der Waals surface area (Å²) in [7, 11) is 0. The average molecular weight is 385 g/mol. The number of benzene rings is 1. The van der Waals surface area contributed by atoms with Crippen molar-refractivity contribution in [1.82, 2.24) is 4.90 Å². The van der Waals surface area contributed by atoms with Crippen molar-refractivity contribution in [3.63, 3.8) is 0 Å². The van der Waals surface area contributed by atoms with Gasteiger partial charge in [-0.3, -0.25) is 9.59 Å². The second-order valence-electron chi connectivity index (χ2n) is 7.41. The Balaban J connectivity index is 2.86. The number of nitrogens with zero attached hydrogens (tertiary/aromatic N) is 1. The normalized spacial score (nSPS) is 12.7. The molecule has 0 aromatic heterocycles. The van der Waals surface area contributed by atoms with Gasteiger partial charge in [-0.05, 0) is 50.8 Å². The minimum Gasteiger partial charge on any atom is -0.366 e. The average Bonchev–Trinajstić information content (AvgIpc) is 2.66. The molecule has 1 aromatic rings. The van der Waals surface area contributed by atoms with E-state index >= 15 is 0 Å². The summed E-state index contributed by atoms with van der Waals surface area (Å²) in [5.41, 5.74) is 6.27. The van der Waals surface area contributed by atoms with Gasteiger partial charge >= 0.3 is 0 Å². The van der Waals surface area contributed by atoms with E-state index in [1.807, 2.05) is 55.2 Å². The van der Waals surface area contributed by atoms with E-state index < -0.39 is 5.91 Å². The first-order valence-electron chi connectivity index (χ1n) is 10.5. The zero-order valence-electron chi connectivity index (χ0n) is 17.6. The molecule has 154 valence electrons. The van der Waals surface area contributed by atoms with Crippen LogP contribution in [-0.2, 0) is 9.59 Å².